The molecular formula is C19H23BrN4O7S2. The molecule has 0 saturated carbocycles. The lowest BCUT2D eigenvalue weighted by molar-refractivity contribution is -0.385. The Bertz CT molecular complexity index is 1240. The highest BCUT2D eigenvalue weighted by molar-refractivity contribution is 9.09. The van der Waals surface area contributed by atoms with Crippen LogP contribution >= 0.6 is 15.9 Å². The summed E-state index contributed by atoms with van der Waals surface area (Å²) < 4.78 is 56.0. The Morgan fingerprint density at radius 3 is 2.67 bits per heavy atom. The maximum absolute atomic E-state index is 13.7. The normalized spacial score (nSPS) is 14.6. The number of anilines is 1. The molecular weight excluding hydrogens is 540 g/mol. The van der Waals surface area contributed by atoms with Crippen LogP contribution in [0.5, 0.6) is 0 Å². The number of non-ortho nitro benzene ring substituents is 1. The van der Waals surface area contributed by atoms with E-state index in [1.807, 2.05) is 0 Å². The van der Waals surface area contributed by atoms with Gasteiger partial charge in [-0.15, -0.1) is 0 Å². The van der Waals surface area contributed by atoms with Gasteiger partial charge in [0.05, 0.1) is 23.5 Å². The van der Waals surface area contributed by atoms with Crippen molar-refractivity contribution >= 4 is 47.4 Å². The first-order chi connectivity index (χ1) is 15.5. The van der Waals surface area contributed by atoms with E-state index in [2.05, 4.69) is 20.9 Å². The fourth-order valence-electron chi connectivity index (χ4n) is 3.52. The van der Waals surface area contributed by atoms with Crippen molar-refractivity contribution in [2.75, 3.05) is 42.7 Å². The van der Waals surface area contributed by atoms with E-state index in [-0.39, 0.29) is 42.5 Å². The summed E-state index contributed by atoms with van der Waals surface area (Å²) in [6, 6.07) is 7.17. The van der Waals surface area contributed by atoms with E-state index in [4.69, 9.17) is 4.18 Å². The van der Waals surface area contributed by atoms with Crippen LogP contribution in [0.25, 0.3) is 0 Å². The van der Waals surface area contributed by atoms with Crippen LogP contribution in [0.1, 0.15) is 11.3 Å². The Balaban J connectivity index is 2.01. The van der Waals surface area contributed by atoms with Crippen LogP contribution in [0.2, 0.25) is 0 Å². The molecule has 2 heterocycles. The van der Waals surface area contributed by atoms with Crippen molar-refractivity contribution in [3.8, 4) is 0 Å². The summed E-state index contributed by atoms with van der Waals surface area (Å²) in [5, 5.41) is 11.8. The molecule has 2 aromatic rings. The lowest BCUT2D eigenvalue weighted by Gasteiger charge is -2.30. The lowest BCUT2D eigenvalue weighted by Crippen LogP contribution is -2.38. The molecule has 14 heteroatoms. The van der Waals surface area contributed by atoms with Crippen molar-refractivity contribution in [3.63, 3.8) is 0 Å². The zero-order valence-corrected chi connectivity index (χ0v) is 21.0. The predicted octanol–water partition coefficient (Wildman–Crippen LogP) is 1.91. The number of benzene rings is 1. The van der Waals surface area contributed by atoms with Crippen LogP contribution in [0.15, 0.2) is 41.4 Å². The second-order valence-corrected chi connectivity index (χ2v) is 11.7. The van der Waals surface area contributed by atoms with Gasteiger partial charge in [-0.25, -0.2) is 8.42 Å². The summed E-state index contributed by atoms with van der Waals surface area (Å²) in [7, 11) is -7.80. The van der Waals surface area contributed by atoms with Gasteiger partial charge in [-0.05, 0) is 17.7 Å². The topological polar surface area (TPSA) is 140 Å². The molecule has 0 N–H and O–H groups in total. The first-order valence-corrected chi connectivity index (χ1v) is 14.3. The summed E-state index contributed by atoms with van der Waals surface area (Å²) in [5.74, 6) is 0. The Labute approximate surface area is 200 Å². The van der Waals surface area contributed by atoms with E-state index >= 15 is 0 Å². The number of nitro groups is 1. The third kappa shape index (κ3) is 6.26. The number of hydrogen-bond donors (Lipinski definition) is 0. The number of rotatable bonds is 10. The molecule has 33 heavy (non-hydrogen) atoms. The van der Waals surface area contributed by atoms with Crippen LogP contribution in [-0.2, 0) is 37.3 Å². The van der Waals surface area contributed by atoms with Crippen LogP contribution < -0.4 is 4.90 Å². The van der Waals surface area contributed by atoms with Crippen molar-refractivity contribution in [3.05, 3.63) is 57.9 Å². The van der Waals surface area contributed by atoms with Gasteiger partial charge in [0.25, 0.3) is 15.8 Å². The number of halogens is 1. The average molecular weight is 563 g/mol. The summed E-state index contributed by atoms with van der Waals surface area (Å²) in [4.78, 5) is 16.4. The molecule has 1 aliphatic rings. The molecule has 1 aromatic carbocycles. The van der Waals surface area contributed by atoms with Crippen molar-refractivity contribution in [2.45, 2.75) is 17.9 Å². The standard InChI is InChI=1S/C19H23BrN4O7S2/c1-32(27,28)31-12-11-22(10-7-20)18-5-4-16(24(25)26)13-19(18)33(29,30)23-9-6-17-15(14-23)3-2-8-21-17/h2-5,8,13H,6-7,9-12,14H2,1H3. The Hall–Kier alpha value is -2.13. The molecule has 3 rings (SSSR count). The average Bonchev–Trinajstić information content (AvgIpc) is 2.77. The first kappa shape index (κ1) is 25.5. The molecule has 0 atom stereocenters. The molecule has 0 spiro atoms. The fraction of sp³-hybridized carbons (Fsp3) is 0.421. The van der Waals surface area contributed by atoms with Gasteiger partial charge in [0.2, 0.25) is 10.0 Å². The molecule has 11 nitrogen and oxygen atoms in total. The third-order valence-corrected chi connectivity index (χ3v) is 7.88. The minimum Gasteiger partial charge on any atom is -0.367 e. The summed E-state index contributed by atoms with van der Waals surface area (Å²) in [6.45, 7) is 0.463. The number of sulfonamides is 1. The molecule has 1 aliphatic heterocycles. The highest BCUT2D eigenvalue weighted by Crippen LogP contribution is 2.33. The third-order valence-electron chi connectivity index (χ3n) is 5.05. The minimum atomic E-state index is -4.12. The monoisotopic (exact) mass is 562 g/mol. The van der Waals surface area contributed by atoms with Crippen LogP contribution in [0, 0.1) is 10.1 Å². The summed E-state index contributed by atoms with van der Waals surface area (Å²) in [5.41, 5.74) is 1.47. The van der Waals surface area contributed by atoms with E-state index in [1.54, 1.807) is 23.2 Å². The van der Waals surface area contributed by atoms with Crippen molar-refractivity contribution in [1.82, 2.24) is 9.29 Å². The van der Waals surface area contributed by atoms with E-state index in [0.29, 0.717) is 18.3 Å². The Morgan fingerprint density at radius 1 is 1.24 bits per heavy atom. The highest BCUT2D eigenvalue weighted by atomic mass is 79.9. The summed E-state index contributed by atoms with van der Waals surface area (Å²) >= 11 is 3.31. The maximum atomic E-state index is 13.7. The zero-order chi connectivity index (χ0) is 24.2. The molecule has 0 bridgehead atoms. The Kier molecular flexibility index (Phi) is 8.05. The fourth-order valence-corrected chi connectivity index (χ4v) is 5.98. The van der Waals surface area contributed by atoms with E-state index in [9.17, 15) is 26.9 Å². The quantitative estimate of drug-likeness (QED) is 0.184. The SMILES string of the molecule is CS(=O)(=O)OCCN(CCBr)c1ccc([N+](=O)[O-])cc1S(=O)(=O)N1CCc2ncccc2C1. The number of pyridine rings is 1. The van der Waals surface area contributed by atoms with Crippen molar-refractivity contribution in [1.29, 1.82) is 0 Å². The number of fused-ring (bicyclic) bond motifs is 1. The van der Waals surface area contributed by atoms with Gasteiger partial charge in [0, 0.05) is 62.0 Å². The molecule has 0 fully saturated rings. The molecule has 0 aliphatic carbocycles. The van der Waals surface area contributed by atoms with E-state index < -0.39 is 25.1 Å². The van der Waals surface area contributed by atoms with Crippen LogP contribution in [0.3, 0.4) is 0 Å². The van der Waals surface area contributed by atoms with Crippen molar-refractivity contribution in [2.24, 2.45) is 0 Å². The van der Waals surface area contributed by atoms with Gasteiger partial charge in [-0.2, -0.15) is 12.7 Å². The smallest absolute Gasteiger partial charge is 0.270 e. The Morgan fingerprint density at radius 2 is 2.00 bits per heavy atom. The second kappa shape index (κ2) is 10.4. The number of alkyl halides is 1. The van der Waals surface area contributed by atoms with Crippen molar-refractivity contribution < 1.29 is 25.9 Å². The van der Waals surface area contributed by atoms with Gasteiger partial charge in [0.1, 0.15) is 4.90 Å². The number of hydrogen-bond acceptors (Lipinski definition) is 9. The van der Waals surface area contributed by atoms with Crippen LogP contribution in [0.4, 0.5) is 11.4 Å². The molecule has 0 saturated heterocycles. The molecule has 0 amide bonds. The first-order valence-electron chi connectivity index (χ1n) is 9.89. The summed E-state index contributed by atoms with van der Waals surface area (Å²) in [6.07, 6.45) is 3.00. The molecule has 180 valence electrons. The van der Waals surface area contributed by atoms with Gasteiger partial charge in [-0.3, -0.25) is 19.3 Å². The maximum Gasteiger partial charge on any atom is 0.270 e. The van der Waals surface area contributed by atoms with E-state index in [1.165, 1.54) is 16.4 Å². The molecule has 0 radical (unpaired) electrons. The zero-order valence-electron chi connectivity index (χ0n) is 17.8. The highest BCUT2D eigenvalue weighted by Gasteiger charge is 2.33. The van der Waals surface area contributed by atoms with Gasteiger partial charge < -0.3 is 4.90 Å². The molecule has 1 aromatic heterocycles. The molecule has 0 unspecified atom stereocenters. The van der Waals surface area contributed by atoms with Crippen LogP contribution in [-0.4, -0.2) is 68.9 Å². The minimum absolute atomic E-state index is 0.0613. The largest absolute Gasteiger partial charge is 0.367 e. The van der Waals surface area contributed by atoms with Gasteiger partial charge >= 0.3 is 0 Å². The number of aromatic nitrogens is 1. The lowest BCUT2D eigenvalue weighted by atomic mass is 10.1. The van der Waals surface area contributed by atoms with Gasteiger partial charge in [0.15, 0.2) is 0 Å². The van der Waals surface area contributed by atoms with E-state index in [0.717, 1.165) is 23.6 Å². The van der Waals surface area contributed by atoms with Gasteiger partial charge in [-0.1, -0.05) is 22.0 Å². The number of nitrogens with zero attached hydrogens (tertiary/aromatic N) is 4. The second-order valence-electron chi connectivity index (χ2n) is 7.31. The predicted molar refractivity (Wildman–Crippen MR) is 125 cm³/mol. The number of nitro benzene ring substituents is 1.